The zero-order valence-corrected chi connectivity index (χ0v) is 16.0. The second-order valence-electron chi connectivity index (χ2n) is 5.87. The van der Waals surface area contributed by atoms with Crippen LogP contribution in [0.1, 0.15) is 10.4 Å². The van der Waals surface area contributed by atoms with Gasteiger partial charge in [-0.2, -0.15) is 0 Å². The molecule has 0 bridgehead atoms. The van der Waals surface area contributed by atoms with E-state index in [2.05, 4.69) is 16.4 Å². The number of nitrogens with one attached hydrogen (secondary N) is 1. The van der Waals surface area contributed by atoms with Gasteiger partial charge in [0.25, 0.3) is 5.91 Å². The van der Waals surface area contributed by atoms with Crippen molar-refractivity contribution in [3.05, 3.63) is 77.3 Å². The molecule has 0 atom stereocenters. The second kappa shape index (κ2) is 7.39. The minimum Gasteiger partial charge on any atom is -0.495 e. The van der Waals surface area contributed by atoms with Crippen LogP contribution < -0.4 is 10.1 Å². The predicted octanol–water partition coefficient (Wildman–Crippen LogP) is 5.88. The number of carbonyl (C=O) groups is 1. The van der Waals surface area contributed by atoms with Crippen molar-refractivity contribution >= 4 is 44.7 Å². The lowest BCUT2D eigenvalue weighted by Crippen LogP contribution is -2.11. The minimum absolute atomic E-state index is 0.229. The molecule has 0 unspecified atom stereocenters. The van der Waals surface area contributed by atoms with Crippen LogP contribution in [0.2, 0.25) is 5.02 Å². The fraction of sp³-hybridized carbons (Fsp3) is 0.0476. The Labute approximate surface area is 165 Å². The van der Waals surface area contributed by atoms with E-state index in [0.29, 0.717) is 22.0 Å². The number of aromatic nitrogens is 1. The van der Waals surface area contributed by atoms with Crippen LogP contribution in [0.15, 0.2) is 66.7 Å². The number of carbonyl (C=O) groups excluding carboxylic acids is 1. The first-order valence-corrected chi connectivity index (χ1v) is 9.44. The fourth-order valence-electron chi connectivity index (χ4n) is 2.70. The predicted molar refractivity (Wildman–Crippen MR) is 111 cm³/mol. The Morgan fingerprint density at radius 2 is 1.85 bits per heavy atom. The number of amides is 1. The van der Waals surface area contributed by atoms with E-state index in [-0.39, 0.29) is 5.91 Å². The molecule has 1 N–H and O–H groups in total. The van der Waals surface area contributed by atoms with E-state index >= 15 is 0 Å². The highest BCUT2D eigenvalue weighted by Gasteiger charge is 2.10. The van der Waals surface area contributed by atoms with Crippen molar-refractivity contribution in [2.24, 2.45) is 0 Å². The van der Waals surface area contributed by atoms with Gasteiger partial charge in [0, 0.05) is 16.8 Å². The maximum atomic E-state index is 12.4. The summed E-state index contributed by atoms with van der Waals surface area (Å²) in [5, 5.41) is 4.23. The average Bonchev–Trinajstić information content (AvgIpc) is 3.12. The molecule has 0 fully saturated rings. The van der Waals surface area contributed by atoms with Crippen LogP contribution >= 0.6 is 22.9 Å². The van der Waals surface area contributed by atoms with Gasteiger partial charge in [0.05, 0.1) is 22.3 Å². The molecule has 0 radical (unpaired) electrons. The van der Waals surface area contributed by atoms with Crippen molar-refractivity contribution in [2.75, 3.05) is 12.4 Å². The van der Waals surface area contributed by atoms with Gasteiger partial charge in [-0.25, -0.2) is 4.98 Å². The molecule has 0 spiro atoms. The SMILES string of the molecule is COc1ccc(C(=O)Nc2ccc(-c3nc4ccccc4s3)cc2)cc1Cl. The minimum atomic E-state index is -0.229. The monoisotopic (exact) mass is 394 g/mol. The van der Waals surface area contributed by atoms with Crippen LogP contribution in [-0.2, 0) is 0 Å². The van der Waals surface area contributed by atoms with Gasteiger partial charge in [0.15, 0.2) is 0 Å². The number of anilines is 1. The molecule has 0 saturated heterocycles. The first-order chi connectivity index (χ1) is 13.1. The first kappa shape index (κ1) is 17.5. The molecule has 0 aliphatic rings. The Balaban J connectivity index is 1.52. The zero-order chi connectivity index (χ0) is 18.8. The van der Waals surface area contributed by atoms with Gasteiger partial charge in [-0.15, -0.1) is 11.3 Å². The maximum Gasteiger partial charge on any atom is 0.255 e. The van der Waals surface area contributed by atoms with Gasteiger partial charge < -0.3 is 10.1 Å². The third-order valence-electron chi connectivity index (χ3n) is 4.10. The standard InChI is InChI=1S/C21H15ClN2O2S/c1-26-18-11-8-14(12-16(18)22)20(25)23-15-9-6-13(7-10-15)21-24-17-4-2-3-5-19(17)27-21/h2-12H,1H3,(H,23,25). The molecule has 0 saturated carbocycles. The van der Waals surface area contributed by atoms with Crippen molar-refractivity contribution in [3.63, 3.8) is 0 Å². The van der Waals surface area contributed by atoms with Crippen LogP contribution in [0.5, 0.6) is 5.75 Å². The highest BCUT2D eigenvalue weighted by molar-refractivity contribution is 7.21. The highest BCUT2D eigenvalue weighted by atomic mass is 35.5. The lowest BCUT2D eigenvalue weighted by atomic mass is 10.1. The summed E-state index contributed by atoms with van der Waals surface area (Å²) in [6.07, 6.45) is 0. The van der Waals surface area contributed by atoms with Crippen LogP contribution in [0.25, 0.3) is 20.8 Å². The van der Waals surface area contributed by atoms with E-state index in [9.17, 15) is 4.79 Å². The number of ether oxygens (including phenoxy) is 1. The van der Waals surface area contributed by atoms with E-state index in [1.807, 2.05) is 42.5 Å². The average molecular weight is 395 g/mol. The zero-order valence-electron chi connectivity index (χ0n) is 14.4. The Morgan fingerprint density at radius 3 is 2.56 bits per heavy atom. The summed E-state index contributed by atoms with van der Waals surface area (Å²) in [5.74, 6) is 0.306. The summed E-state index contributed by atoms with van der Waals surface area (Å²) >= 11 is 7.73. The number of fused-ring (bicyclic) bond motifs is 1. The summed E-state index contributed by atoms with van der Waals surface area (Å²) in [4.78, 5) is 17.1. The molecule has 27 heavy (non-hydrogen) atoms. The van der Waals surface area contributed by atoms with E-state index in [1.54, 1.807) is 29.5 Å². The summed E-state index contributed by atoms with van der Waals surface area (Å²) < 4.78 is 6.26. The molecule has 3 aromatic carbocycles. The molecule has 0 aliphatic carbocycles. The van der Waals surface area contributed by atoms with Crippen molar-refractivity contribution in [1.82, 2.24) is 4.98 Å². The van der Waals surface area contributed by atoms with Gasteiger partial charge in [-0.05, 0) is 54.6 Å². The largest absolute Gasteiger partial charge is 0.495 e. The Bertz CT molecular complexity index is 1090. The van der Waals surface area contributed by atoms with Gasteiger partial charge in [-0.3, -0.25) is 4.79 Å². The van der Waals surface area contributed by atoms with Gasteiger partial charge in [0.2, 0.25) is 0 Å². The molecular weight excluding hydrogens is 380 g/mol. The van der Waals surface area contributed by atoms with Crippen molar-refractivity contribution < 1.29 is 9.53 Å². The van der Waals surface area contributed by atoms with Gasteiger partial charge in [0.1, 0.15) is 10.8 Å². The Hall–Kier alpha value is -2.89. The lowest BCUT2D eigenvalue weighted by Gasteiger charge is -2.08. The topological polar surface area (TPSA) is 51.2 Å². The maximum absolute atomic E-state index is 12.4. The number of nitrogens with zero attached hydrogens (tertiary/aromatic N) is 1. The molecule has 1 amide bonds. The Morgan fingerprint density at radius 1 is 1.07 bits per heavy atom. The molecule has 0 aliphatic heterocycles. The number of hydrogen-bond acceptors (Lipinski definition) is 4. The number of halogens is 1. The number of rotatable bonds is 4. The molecule has 1 heterocycles. The molecule has 134 valence electrons. The van der Waals surface area contributed by atoms with Crippen LogP contribution in [-0.4, -0.2) is 18.0 Å². The van der Waals surface area contributed by atoms with E-state index in [0.717, 1.165) is 20.8 Å². The van der Waals surface area contributed by atoms with E-state index < -0.39 is 0 Å². The normalized spacial score (nSPS) is 10.7. The van der Waals surface area contributed by atoms with Crippen molar-refractivity contribution in [1.29, 1.82) is 0 Å². The van der Waals surface area contributed by atoms with E-state index in [1.165, 1.54) is 7.11 Å². The third kappa shape index (κ3) is 3.65. The summed E-state index contributed by atoms with van der Waals surface area (Å²) in [5.41, 5.74) is 3.18. The third-order valence-corrected chi connectivity index (χ3v) is 5.48. The summed E-state index contributed by atoms with van der Waals surface area (Å²) in [6, 6.07) is 20.6. The smallest absolute Gasteiger partial charge is 0.255 e. The van der Waals surface area contributed by atoms with Crippen molar-refractivity contribution in [3.8, 4) is 16.3 Å². The molecule has 4 rings (SSSR count). The number of benzene rings is 3. The lowest BCUT2D eigenvalue weighted by molar-refractivity contribution is 0.102. The Kier molecular flexibility index (Phi) is 4.79. The quantitative estimate of drug-likeness (QED) is 0.470. The van der Waals surface area contributed by atoms with E-state index in [4.69, 9.17) is 16.3 Å². The van der Waals surface area contributed by atoms with Gasteiger partial charge in [-0.1, -0.05) is 23.7 Å². The molecular formula is C21H15ClN2O2S. The fourth-order valence-corrected chi connectivity index (χ4v) is 3.93. The summed E-state index contributed by atoms with van der Waals surface area (Å²) in [6.45, 7) is 0. The molecule has 6 heteroatoms. The van der Waals surface area contributed by atoms with Crippen LogP contribution in [0.4, 0.5) is 5.69 Å². The molecule has 1 aromatic heterocycles. The number of para-hydroxylation sites is 1. The number of hydrogen-bond donors (Lipinski definition) is 1. The van der Waals surface area contributed by atoms with Gasteiger partial charge >= 0.3 is 0 Å². The second-order valence-corrected chi connectivity index (χ2v) is 7.31. The molecule has 4 aromatic rings. The molecule has 4 nitrogen and oxygen atoms in total. The highest BCUT2D eigenvalue weighted by Crippen LogP contribution is 2.31. The van der Waals surface area contributed by atoms with Crippen LogP contribution in [0, 0.1) is 0 Å². The van der Waals surface area contributed by atoms with Crippen molar-refractivity contribution in [2.45, 2.75) is 0 Å². The number of thiazole rings is 1. The van der Waals surface area contributed by atoms with Crippen LogP contribution in [0.3, 0.4) is 0 Å². The number of methoxy groups -OCH3 is 1. The first-order valence-electron chi connectivity index (χ1n) is 8.25. The summed E-state index contributed by atoms with van der Waals surface area (Å²) in [7, 11) is 1.54.